The maximum Gasteiger partial charge on any atom is 0.312 e. The molecule has 104 valence electrons. The number of rotatable bonds is 4. The number of aliphatic carboxylic acids is 1. The first kappa shape index (κ1) is 14.3. The molecule has 0 saturated carbocycles. The third-order valence-electron chi connectivity index (χ3n) is 3.59. The van der Waals surface area contributed by atoms with E-state index >= 15 is 0 Å². The standard InChI is InChI=1S/C14H19ClN2O2/c1-16-5-7-17(8-6-16)10-13(14(18)19)11-3-2-4-12(15)9-11/h2-4,9,13H,5-8,10H2,1H3,(H,18,19). The van der Waals surface area contributed by atoms with E-state index in [0.29, 0.717) is 11.6 Å². The Labute approximate surface area is 118 Å². The summed E-state index contributed by atoms with van der Waals surface area (Å²) in [7, 11) is 2.09. The van der Waals surface area contributed by atoms with Crippen LogP contribution in [0.4, 0.5) is 0 Å². The van der Waals surface area contributed by atoms with Gasteiger partial charge in [-0.2, -0.15) is 0 Å². The predicted molar refractivity (Wildman–Crippen MR) is 75.8 cm³/mol. The summed E-state index contributed by atoms with van der Waals surface area (Å²) < 4.78 is 0. The quantitative estimate of drug-likeness (QED) is 0.914. The molecule has 1 unspecified atom stereocenters. The molecule has 19 heavy (non-hydrogen) atoms. The summed E-state index contributed by atoms with van der Waals surface area (Å²) in [4.78, 5) is 15.9. The Morgan fingerprint density at radius 1 is 1.37 bits per heavy atom. The maximum absolute atomic E-state index is 11.5. The highest BCUT2D eigenvalue weighted by molar-refractivity contribution is 6.30. The monoisotopic (exact) mass is 282 g/mol. The number of hydrogen-bond acceptors (Lipinski definition) is 3. The number of nitrogens with zero attached hydrogens (tertiary/aromatic N) is 2. The molecule has 1 saturated heterocycles. The zero-order chi connectivity index (χ0) is 13.8. The first-order chi connectivity index (χ1) is 9.06. The minimum absolute atomic E-state index is 0.512. The van der Waals surface area contributed by atoms with Crippen molar-refractivity contribution in [1.29, 1.82) is 0 Å². The van der Waals surface area contributed by atoms with Crippen LogP contribution in [0.5, 0.6) is 0 Å². The van der Waals surface area contributed by atoms with Crippen LogP contribution in [0, 0.1) is 0 Å². The highest BCUT2D eigenvalue weighted by Crippen LogP contribution is 2.21. The van der Waals surface area contributed by atoms with Crippen LogP contribution >= 0.6 is 11.6 Å². The van der Waals surface area contributed by atoms with Crippen LogP contribution in [0.1, 0.15) is 11.5 Å². The Hall–Kier alpha value is -1.10. The van der Waals surface area contributed by atoms with Crippen LogP contribution in [0.25, 0.3) is 0 Å². The van der Waals surface area contributed by atoms with Crippen LogP contribution in [-0.2, 0) is 4.79 Å². The van der Waals surface area contributed by atoms with Crippen LogP contribution < -0.4 is 0 Å². The molecular formula is C14H19ClN2O2. The highest BCUT2D eigenvalue weighted by Gasteiger charge is 2.24. The fourth-order valence-electron chi connectivity index (χ4n) is 2.34. The van der Waals surface area contributed by atoms with Crippen molar-refractivity contribution in [1.82, 2.24) is 9.80 Å². The van der Waals surface area contributed by atoms with E-state index in [1.807, 2.05) is 6.07 Å². The van der Waals surface area contributed by atoms with Crippen molar-refractivity contribution < 1.29 is 9.90 Å². The van der Waals surface area contributed by atoms with Crippen molar-refractivity contribution in [3.05, 3.63) is 34.9 Å². The fourth-order valence-corrected chi connectivity index (χ4v) is 2.54. The predicted octanol–water partition coefficient (Wildman–Crippen LogP) is 1.76. The topological polar surface area (TPSA) is 43.8 Å². The van der Waals surface area contributed by atoms with E-state index < -0.39 is 11.9 Å². The number of piperazine rings is 1. The summed E-state index contributed by atoms with van der Waals surface area (Å²) in [5.41, 5.74) is 0.777. The van der Waals surface area contributed by atoms with Gasteiger partial charge in [-0.05, 0) is 24.7 Å². The van der Waals surface area contributed by atoms with E-state index in [0.717, 1.165) is 31.7 Å². The lowest BCUT2D eigenvalue weighted by molar-refractivity contribution is -0.139. The normalized spacial score (nSPS) is 19.3. The van der Waals surface area contributed by atoms with Crippen LogP contribution in [0.3, 0.4) is 0 Å². The second-order valence-corrected chi connectivity index (χ2v) is 5.49. The van der Waals surface area contributed by atoms with Gasteiger partial charge in [-0.15, -0.1) is 0 Å². The molecule has 4 nitrogen and oxygen atoms in total. The van der Waals surface area contributed by atoms with Gasteiger partial charge in [0, 0.05) is 37.7 Å². The van der Waals surface area contributed by atoms with Crippen LogP contribution in [0.2, 0.25) is 5.02 Å². The Morgan fingerprint density at radius 3 is 2.63 bits per heavy atom. The molecule has 1 heterocycles. The second kappa shape index (κ2) is 6.37. The highest BCUT2D eigenvalue weighted by atomic mass is 35.5. The Kier molecular flexibility index (Phi) is 4.80. The van der Waals surface area contributed by atoms with E-state index in [9.17, 15) is 9.90 Å². The van der Waals surface area contributed by atoms with E-state index in [-0.39, 0.29) is 0 Å². The van der Waals surface area contributed by atoms with E-state index in [2.05, 4.69) is 16.8 Å². The number of benzene rings is 1. The summed E-state index contributed by atoms with van der Waals surface area (Å²) in [5.74, 6) is -1.30. The van der Waals surface area contributed by atoms with Gasteiger partial charge in [-0.3, -0.25) is 9.69 Å². The van der Waals surface area contributed by atoms with E-state index in [1.165, 1.54) is 0 Å². The zero-order valence-corrected chi connectivity index (χ0v) is 11.8. The van der Waals surface area contributed by atoms with Gasteiger partial charge in [0.1, 0.15) is 0 Å². The lowest BCUT2D eigenvalue weighted by Gasteiger charge is -2.33. The van der Waals surface area contributed by atoms with Crippen molar-refractivity contribution >= 4 is 17.6 Å². The molecule has 1 N–H and O–H groups in total. The average molecular weight is 283 g/mol. The molecule has 0 aliphatic carbocycles. The summed E-state index contributed by atoms with van der Waals surface area (Å²) in [6.07, 6.45) is 0. The summed E-state index contributed by atoms with van der Waals surface area (Å²) in [6.45, 7) is 4.36. The van der Waals surface area contributed by atoms with Crippen molar-refractivity contribution in [2.24, 2.45) is 0 Å². The molecule has 0 amide bonds. The third-order valence-corrected chi connectivity index (χ3v) is 3.82. The number of carbonyl (C=O) groups is 1. The molecule has 0 radical (unpaired) electrons. The average Bonchev–Trinajstić information content (AvgIpc) is 2.37. The molecule has 0 spiro atoms. The number of carboxylic acid groups (broad SMARTS) is 1. The first-order valence-corrected chi connectivity index (χ1v) is 6.83. The molecule has 1 fully saturated rings. The minimum atomic E-state index is -0.791. The van der Waals surface area contributed by atoms with E-state index in [1.54, 1.807) is 18.2 Å². The Bertz CT molecular complexity index is 445. The lowest BCUT2D eigenvalue weighted by Crippen LogP contribution is -2.46. The molecule has 1 aromatic carbocycles. The second-order valence-electron chi connectivity index (χ2n) is 5.05. The summed E-state index contributed by atoms with van der Waals surface area (Å²) in [5, 5.41) is 10.0. The molecule has 1 atom stereocenters. The first-order valence-electron chi connectivity index (χ1n) is 6.45. The SMILES string of the molecule is CN1CCN(CC(C(=O)O)c2cccc(Cl)c2)CC1. The Morgan fingerprint density at radius 2 is 2.05 bits per heavy atom. The minimum Gasteiger partial charge on any atom is -0.481 e. The van der Waals surface area contributed by atoms with Crippen molar-refractivity contribution in [2.75, 3.05) is 39.8 Å². The maximum atomic E-state index is 11.5. The molecule has 1 aromatic rings. The number of halogens is 1. The van der Waals surface area contributed by atoms with Crippen LogP contribution in [-0.4, -0.2) is 60.6 Å². The number of hydrogen-bond donors (Lipinski definition) is 1. The summed E-state index contributed by atoms with van der Waals surface area (Å²) >= 11 is 5.94. The van der Waals surface area contributed by atoms with Crippen molar-refractivity contribution in [2.45, 2.75) is 5.92 Å². The van der Waals surface area contributed by atoms with Crippen LogP contribution in [0.15, 0.2) is 24.3 Å². The van der Waals surface area contributed by atoms with Gasteiger partial charge in [-0.25, -0.2) is 0 Å². The lowest BCUT2D eigenvalue weighted by atomic mass is 9.98. The van der Waals surface area contributed by atoms with Crippen molar-refractivity contribution in [3.8, 4) is 0 Å². The molecular weight excluding hydrogens is 264 g/mol. The van der Waals surface area contributed by atoms with Gasteiger partial charge < -0.3 is 10.0 Å². The molecule has 1 aliphatic heterocycles. The molecule has 0 bridgehead atoms. The van der Waals surface area contributed by atoms with Gasteiger partial charge in [0.15, 0.2) is 0 Å². The van der Waals surface area contributed by atoms with Crippen molar-refractivity contribution in [3.63, 3.8) is 0 Å². The largest absolute Gasteiger partial charge is 0.481 e. The van der Waals surface area contributed by atoms with Gasteiger partial charge in [0.25, 0.3) is 0 Å². The summed E-state index contributed by atoms with van der Waals surface area (Å²) in [6, 6.07) is 7.15. The molecule has 1 aliphatic rings. The molecule has 0 aromatic heterocycles. The van der Waals surface area contributed by atoms with Gasteiger partial charge in [-0.1, -0.05) is 23.7 Å². The number of carboxylic acids is 1. The smallest absolute Gasteiger partial charge is 0.312 e. The van der Waals surface area contributed by atoms with Gasteiger partial charge in [0.05, 0.1) is 5.92 Å². The number of likely N-dealkylation sites (N-methyl/N-ethyl adjacent to an activating group) is 1. The Balaban J connectivity index is 2.06. The fraction of sp³-hybridized carbons (Fsp3) is 0.500. The van der Waals surface area contributed by atoms with Gasteiger partial charge in [0.2, 0.25) is 0 Å². The van der Waals surface area contributed by atoms with E-state index in [4.69, 9.17) is 11.6 Å². The zero-order valence-electron chi connectivity index (χ0n) is 11.1. The third kappa shape index (κ3) is 3.93. The molecule has 5 heteroatoms. The van der Waals surface area contributed by atoms with Gasteiger partial charge >= 0.3 is 5.97 Å². The molecule has 2 rings (SSSR count).